The molecule has 0 radical (unpaired) electrons. The van der Waals surface area contributed by atoms with E-state index >= 15 is 0 Å². The Morgan fingerprint density at radius 1 is 1.52 bits per heavy atom. The van der Waals surface area contributed by atoms with Gasteiger partial charge in [-0.2, -0.15) is 0 Å². The number of fused-ring (bicyclic) bond motifs is 1. The number of ether oxygens (including phenoxy) is 1. The van der Waals surface area contributed by atoms with Crippen LogP contribution in [0.5, 0.6) is 5.75 Å². The zero-order valence-corrected chi connectivity index (χ0v) is 11.9. The Balaban J connectivity index is 2.01. The molecule has 2 aromatic rings. The molecule has 0 spiro atoms. The lowest BCUT2D eigenvalue weighted by atomic mass is 10.2. The fourth-order valence-corrected chi connectivity index (χ4v) is 2.53. The Kier molecular flexibility index (Phi) is 3.43. The normalized spacial score (nSPS) is 13.8. The van der Waals surface area contributed by atoms with Gasteiger partial charge in [0, 0.05) is 23.7 Å². The van der Waals surface area contributed by atoms with Crippen molar-refractivity contribution >= 4 is 40.4 Å². The molecule has 0 saturated heterocycles. The zero-order valence-electron chi connectivity index (χ0n) is 10.4. The molecule has 2 heterocycles. The van der Waals surface area contributed by atoms with Crippen LogP contribution < -0.4 is 9.64 Å². The summed E-state index contributed by atoms with van der Waals surface area (Å²) in [7, 11) is 0. The quantitative estimate of drug-likeness (QED) is 0.632. The summed E-state index contributed by atoms with van der Waals surface area (Å²) in [4.78, 5) is 23.7. The number of anilines is 1. The van der Waals surface area contributed by atoms with Gasteiger partial charge >= 0.3 is 0 Å². The number of rotatable bonds is 3. The van der Waals surface area contributed by atoms with Crippen molar-refractivity contribution in [2.24, 2.45) is 0 Å². The predicted molar refractivity (Wildman–Crippen MR) is 74.7 cm³/mol. The molecule has 1 amide bonds. The van der Waals surface area contributed by atoms with Crippen LogP contribution in [-0.4, -0.2) is 27.0 Å². The summed E-state index contributed by atoms with van der Waals surface area (Å²) in [6.45, 7) is -0.0499. The minimum atomic E-state index is -0.533. The number of nitro groups is 1. The van der Waals surface area contributed by atoms with Gasteiger partial charge in [0.05, 0.1) is 17.2 Å². The van der Waals surface area contributed by atoms with Crippen LogP contribution in [0, 0.1) is 10.1 Å². The Morgan fingerprint density at radius 3 is 3.00 bits per heavy atom. The summed E-state index contributed by atoms with van der Waals surface area (Å²) >= 11 is 6.94. The fraction of sp³-hybridized carbons (Fsp3) is 0.182. The van der Waals surface area contributed by atoms with Gasteiger partial charge < -0.3 is 4.74 Å². The number of hydrogen-bond acceptors (Lipinski definition) is 7. The number of amides is 1. The van der Waals surface area contributed by atoms with E-state index in [-0.39, 0.29) is 24.7 Å². The third-order valence-corrected chi connectivity index (χ3v) is 3.90. The van der Waals surface area contributed by atoms with E-state index in [1.165, 1.54) is 23.1 Å². The monoisotopic (exact) mass is 326 g/mol. The maximum Gasteiger partial charge on any atom is 0.271 e. The third kappa shape index (κ3) is 2.52. The standard InChI is InChI=1S/C11H7ClN4O4S/c12-11-7(13-14-21-11)4-15-8-3-6(16(18)19)1-2-9(8)20-5-10(15)17/h1-3H,4-5H2. The second-order valence-electron chi connectivity index (χ2n) is 4.17. The van der Waals surface area contributed by atoms with E-state index < -0.39 is 4.92 Å². The number of carbonyl (C=O) groups is 1. The number of hydrogen-bond donors (Lipinski definition) is 0. The highest BCUT2D eigenvalue weighted by molar-refractivity contribution is 7.10. The predicted octanol–water partition coefficient (Wildman–Crippen LogP) is 2.03. The van der Waals surface area contributed by atoms with E-state index in [2.05, 4.69) is 9.59 Å². The summed E-state index contributed by atoms with van der Waals surface area (Å²) in [5.74, 6) is 0.0755. The maximum atomic E-state index is 12.0. The van der Waals surface area contributed by atoms with E-state index in [1.54, 1.807) is 0 Å². The number of non-ortho nitro benzene ring substituents is 1. The van der Waals surface area contributed by atoms with Gasteiger partial charge in [0.1, 0.15) is 15.8 Å². The second-order valence-corrected chi connectivity index (χ2v) is 5.53. The number of benzene rings is 1. The molecule has 10 heteroatoms. The highest BCUT2D eigenvalue weighted by Crippen LogP contribution is 2.36. The maximum absolute atomic E-state index is 12.0. The van der Waals surface area contributed by atoms with Crippen molar-refractivity contribution in [2.75, 3.05) is 11.5 Å². The SMILES string of the molecule is O=C1COc2ccc([N+](=O)[O-])cc2N1Cc1nnsc1Cl. The van der Waals surface area contributed by atoms with E-state index in [0.29, 0.717) is 21.5 Å². The van der Waals surface area contributed by atoms with Crippen LogP contribution in [0.3, 0.4) is 0 Å². The molecule has 0 unspecified atom stereocenters. The van der Waals surface area contributed by atoms with Gasteiger partial charge in [-0.05, 0) is 6.07 Å². The third-order valence-electron chi connectivity index (χ3n) is 2.91. The fourth-order valence-electron chi connectivity index (χ4n) is 1.92. The molecule has 21 heavy (non-hydrogen) atoms. The number of carbonyl (C=O) groups excluding carboxylic acids is 1. The molecule has 0 fully saturated rings. The lowest BCUT2D eigenvalue weighted by Gasteiger charge is -2.28. The average molecular weight is 327 g/mol. The van der Waals surface area contributed by atoms with E-state index in [1.807, 2.05) is 0 Å². The topological polar surface area (TPSA) is 98.5 Å². The van der Waals surface area contributed by atoms with Gasteiger partial charge in [0.2, 0.25) is 0 Å². The Morgan fingerprint density at radius 2 is 2.33 bits per heavy atom. The zero-order chi connectivity index (χ0) is 15.0. The summed E-state index contributed by atoms with van der Waals surface area (Å²) in [6.07, 6.45) is 0. The van der Waals surface area contributed by atoms with Crippen LogP contribution in [0.25, 0.3) is 0 Å². The minimum Gasteiger partial charge on any atom is -0.482 e. The Labute approximate surface area is 127 Å². The summed E-state index contributed by atoms with van der Waals surface area (Å²) < 4.78 is 9.34. The highest BCUT2D eigenvalue weighted by atomic mass is 35.5. The molecule has 0 N–H and O–H groups in total. The van der Waals surface area contributed by atoms with Crippen molar-refractivity contribution < 1.29 is 14.5 Å². The lowest BCUT2D eigenvalue weighted by Crippen LogP contribution is -2.38. The van der Waals surface area contributed by atoms with Crippen molar-refractivity contribution in [3.8, 4) is 5.75 Å². The number of nitrogens with zero attached hydrogens (tertiary/aromatic N) is 4. The first kappa shape index (κ1) is 13.7. The average Bonchev–Trinajstić information content (AvgIpc) is 2.87. The molecule has 1 aliphatic heterocycles. The van der Waals surface area contributed by atoms with Crippen molar-refractivity contribution in [3.63, 3.8) is 0 Å². The Bertz CT molecular complexity index is 735. The van der Waals surface area contributed by atoms with Gasteiger partial charge in [-0.3, -0.25) is 19.8 Å². The number of halogens is 1. The summed E-state index contributed by atoms with van der Waals surface area (Å²) in [6, 6.07) is 4.08. The van der Waals surface area contributed by atoms with Crippen molar-refractivity contribution in [1.29, 1.82) is 0 Å². The van der Waals surface area contributed by atoms with Crippen LogP contribution in [0.1, 0.15) is 5.69 Å². The molecule has 0 atom stereocenters. The van der Waals surface area contributed by atoms with E-state index in [4.69, 9.17) is 16.3 Å². The first-order chi connectivity index (χ1) is 10.1. The largest absolute Gasteiger partial charge is 0.482 e. The van der Waals surface area contributed by atoms with Crippen LogP contribution in [0.2, 0.25) is 4.34 Å². The molecule has 0 aliphatic carbocycles. The van der Waals surface area contributed by atoms with Crippen LogP contribution in [0.4, 0.5) is 11.4 Å². The van der Waals surface area contributed by atoms with Crippen molar-refractivity contribution in [3.05, 3.63) is 38.3 Å². The van der Waals surface area contributed by atoms with Gasteiger partial charge in [-0.1, -0.05) is 16.1 Å². The summed E-state index contributed by atoms with van der Waals surface area (Å²) in [5.41, 5.74) is 0.637. The summed E-state index contributed by atoms with van der Waals surface area (Å²) in [5, 5.41) is 14.7. The van der Waals surface area contributed by atoms with Gasteiger partial charge in [0.15, 0.2) is 6.61 Å². The molecule has 1 aromatic heterocycles. The molecule has 3 rings (SSSR count). The van der Waals surface area contributed by atoms with Crippen LogP contribution in [0.15, 0.2) is 18.2 Å². The van der Waals surface area contributed by atoms with Crippen LogP contribution in [-0.2, 0) is 11.3 Å². The highest BCUT2D eigenvalue weighted by Gasteiger charge is 2.29. The molecule has 8 nitrogen and oxygen atoms in total. The molecular formula is C11H7ClN4O4S. The first-order valence-electron chi connectivity index (χ1n) is 5.74. The molecule has 1 aliphatic rings. The first-order valence-corrected chi connectivity index (χ1v) is 6.89. The van der Waals surface area contributed by atoms with E-state index in [0.717, 1.165) is 11.5 Å². The molecule has 0 saturated carbocycles. The van der Waals surface area contributed by atoms with Crippen molar-refractivity contribution in [1.82, 2.24) is 9.59 Å². The smallest absolute Gasteiger partial charge is 0.271 e. The molecule has 0 bridgehead atoms. The molecule has 108 valence electrons. The van der Waals surface area contributed by atoms with Gasteiger partial charge in [0.25, 0.3) is 11.6 Å². The lowest BCUT2D eigenvalue weighted by molar-refractivity contribution is -0.384. The minimum absolute atomic E-state index is 0.0890. The second kappa shape index (κ2) is 5.26. The van der Waals surface area contributed by atoms with Crippen molar-refractivity contribution in [2.45, 2.75) is 6.54 Å². The van der Waals surface area contributed by atoms with Gasteiger partial charge in [-0.25, -0.2) is 0 Å². The number of aromatic nitrogens is 2. The Hall–Kier alpha value is -2.26. The van der Waals surface area contributed by atoms with Gasteiger partial charge in [-0.15, -0.1) is 5.10 Å². The van der Waals surface area contributed by atoms with E-state index in [9.17, 15) is 14.9 Å². The van der Waals surface area contributed by atoms with Crippen LogP contribution >= 0.6 is 23.1 Å². The molecular weight excluding hydrogens is 320 g/mol. The number of nitro benzene ring substituents is 1. The molecule has 1 aromatic carbocycles.